The van der Waals surface area contributed by atoms with E-state index in [1.807, 2.05) is 35.2 Å². The van der Waals surface area contributed by atoms with Crippen LogP contribution >= 0.6 is 46.4 Å². The lowest BCUT2D eigenvalue weighted by Crippen LogP contribution is -2.53. The first kappa shape index (κ1) is 37.2. The molecule has 2 aromatic carbocycles. The SMILES string of the molecule is C=CC[C@]1(c2ccc(Cl)c(Cl)c2)CCC(=O)N(C2CCCCC2)C1.O=CC[C@]1(c2ccc(Cl)c(Cl)c2)CCC(=O)N(C2CCCCC2)C1. The lowest BCUT2D eigenvalue weighted by molar-refractivity contribution is -0.140. The second-order valence-electron chi connectivity index (χ2n) is 14.3. The zero-order valence-electron chi connectivity index (χ0n) is 27.8. The molecular formula is C39H48Cl4N2O3. The zero-order chi connectivity index (χ0) is 34.3. The molecule has 0 bridgehead atoms. The average Bonchev–Trinajstić information content (AvgIpc) is 3.10. The molecule has 48 heavy (non-hydrogen) atoms. The third-order valence-corrected chi connectivity index (χ3v) is 12.8. The Bertz CT molecular complexity index is 1360. The van der Waals surface area contributed by atoms with Gasteiger partial charge in [0.1, 0.15) is 6.29 Å². The molecule has 2 aromatic rings. The lowest BCUT2D eigenvalue weighted by Gasteiger charge is -2.46. The summed E-state index contributed by atoms with van der Waals surface area (Å²) < 4.78 is 0. The zero-order valence-corrected chi connectivity index (χ0v) is 30.9. The van der Waals surface area contributed by atoms with Gasteiger partial charge < -0.3 is 14.6 Å². The Balaban J connectivity index is 0.000000188. The number of nitrogens with zero attached hydrogens (tertiary/aromatic N) is 2. The summed E-state index contributed by atoms with van der Waals surface area (Å²) in [6.45, 7) is 5.33. The highest BCUT2D eigenvalue weighted by Crippen LogP contribution is 2.43. The Labute approximate surface area is 306 Å². The first-order chi connectivity index (χ1) is 23.1. The van der Waals surface area contributed by atoms with E-state index in [-0.39, 0.29) is 16.7 Å². The van der Waals surface area contributed by atoms with E-state index < -0.39 is 0 Å². The van der Waals surface area contributed by atoms with Crippen molar-refractivity contribution in [3.63, 3.8) is 0 Å². The molecule has 0 aromatic heterocycles. The molecule has 2 atom stereocenters. The van der Waals surface area contributed by atoms with Crippen LogP contribution in [0.25, 0.3) is 0 Å². The Morgan fingerprint density at radius 1 is 0.646 bits per heavy atom. The van der Waals surface area contributed by atoms with Gasteiger partial charge in [-0.05, 0) is 80.3 Å². The largest absolute Gasteiger partial charge is 0.339 e. The van der Waals surface area contributed by atoms with Crippen LogP contribution in [0.2, 0.25) is 20.1 Å². The van der Waals surface area contributed by atoms with Gasteiger partial charge in [-0.3, -0.25) is 9.59 Å². The van der Waals surface area contributed by atoms with Crippen molar-refractivity contribution in [1.29, 1.82) is 0 Å². The maximum absolute atomic E-state index is 12.6. The van der Waals surface area contributed by atoms with E-state index in [4.69, 9.17) is 46.4 Å². The number of hydrogen-bond donors (Lipinski definition) is 0. The monoisotopic (exact) mass is 732 g/mol. The van der Waals surface area contributed by atoms with Crippen molar-refractivity contribution in [2.24, 2.45) is 0 Å². The van der Waals surface area contributed by atoms with Crippen LogP contribution in [-0.4, -0.2) is 53.1 Å². The minimum absolute atomic E-state index is 0.0959. The van der Waals surface area contributed by atoms with E-state index in [0.29, 0.717) is 70.3 Å². The molecule has 0 unspecified atom stereocenters. The van der Waals surface area contributed by atoms with E-state index in [1.165, 1.54) is 44.1 Å². The minimum atomic E-state index is -0.346. The first-order valence-electron chi connectivity index (χ1n) is 17.7. The number of hydrogen-bond acceptors (Lipinski definition) is 3. The summed E-state index contributed by atoms with van der Waals surface area (Å²) in [5.74, 6) is 0.533. The molecule has 9 heteroatoms. The fourth-order valence-corrected chi connectivity index (χ4v) is 9.14. The van der Waals surface area contributed by atoms with E-state index in [9.17, 15) is 14.4 Å². The number of aldehydes is 1. The van der Waals surface area contributed by atoms with Crippen LogP contribution in [0.1, 0.15) is 114 Å². The van der Waals surface area contributed by atoms with Gasteiger partial charge in [-0.25, -0.2) is 0 Å². The minimum Gasteiger partial charge on any atom is -0.339 e. The fraction of sp³-hybridized carbons (Fsp3) is 0.564. The van der Waals surface area contributed by atoms with Crippen LogP contribution in [0, 0.1) is 0 Å². The predicted molar refractivity (Wildman–Crippen MR) is 197 cm³/mol. The van der Waals surface area contributed by atoms with Crippen molar-refractivity contribution in [3.05, 3.63) is 80.3 Å². The van der Waals surface area contributed by atoms with Crippen LogP contribution < -0.4 is 0 Å². The summed E-state index contributed by atoms with van der Waals surface area (Å²) in [5.41, 5.74) is 1.74. The molecule has 0 spiro atoms. The van der Waals surface area contributed by atoms with E-state index in [0.717, 1.165) is 56.9 Å². The van der Waals surface area contributed by atoms with Crippen LogP contribution in [0.3, 0.4) is 0 Å². The summed E-state index contributed by atoms with van der Waals surface area (Å²) in [6, 6.07) is 12.2. The number of carbonyl (C=O) groups is 3. The van der Waals surface area contributed by atoms with E-state index in [1.54, 1.807) is 6.07 Å². The Kier molecular flexibility index (Phi) is 13.0. The van der Waals surface area contributed by atoms with Gasteiger partial charge in [0.05, 0.1) is 20.1 Å². The summed E-state index contributed by atoms with van der Waals surface area (Å²) in [5, 5.41) is 2.17. The first-order valence-corrected chi connectivity index (χ1v) is 19.2. The van der Waals surface area contributed by atoms with Crippen molar-refractivity contribution in [2.45, 2.75) is 126 Å². The molecule has 2 saturated carbocycles. The van der Waals surface area contributed by atoms with E-state index >= 15 is 0 Å². The molecule has 4 aliphatic rings. The molecule has 5 nitrogen and oxygen atoms in total. The molecule has 260 valence electrons. The fourth-order valence-electron chi connectivity index (χ4n) is 8.55. The van der Waals surface area contributed by atoms with Crippen molar-refractivity contribution in [3.8, 4) is 0 Å². The number of benzene rings is 2. The highest BCUT2D eigenvalue weighted by Gasteiger charge is 2.43. The second-order valence-corrected chi connectivity index (χ2v) is 15.9. The predicted octanol–water partition coefficient (Wildman–Crippen LogP) is 10.5. The van der Waals surface area contributed by atoms with Gasteiger partial charge in [-0.1, -0.05) is 103 Å². The van der Waals surface area contributed by atoms with Crippen molar-refractivity contribution < 1.29 is 14.4 Å². The summed E-state index contributed by atoms with van der Waals surface area (Å²) in [7, 11) is 0. The van der Waals surface area contributed by atoms with Gasteiger partial charge in [0, 0.05) is 55.3 Å². The molecule has 2 saturated heterocycles. The van der Waals surface area contributed by atoms with Crippen molar-refractivity contribution in [1.82, 2.24) is 9.80 Å². The smallest absolute Gasteiger partial charge is 0.222 e. The standard InChI is InChI=1S/C20H25Cl2NO.C19H23Cl2NO2/c1-2-11-20(15-8-9-17(21)18(22)13-15)12-10-19(24)23(14-20)16-6-4-3-5-7-16;20-16-7-6-14(12-17(16)21)19(10-11-23)9-8-18(24)22(13-19)15-4-2-1-3-5-15/h2,8-9,13,16H,1,3-7,10-12,14H2;6-7,11-12,15H,1-5,8-10,13H2/t20-;19-/m01/s1. The molecule has 2 amide bonds. The normalized spacial score (nSPS) is 25.8. The number of amides is 2. The molecule has 4 fully saturated rings. The molecule has 6 rings (SSSR count). The third-order valence-electron chi connectivity index (χ3n) is 11.3. The van der Waals surface area contributed by atoms with Gasteiger partial charge in [0.15, 0.2) is 0 Å². The highest BCUT2D eigenvalue weighted by molar-refractivity contribution is 6.42. The van der Waals surface area contributed by atoms with Crippen LogP contribution in [0.15, 0.2) is 49.1 Å². The number of halogens is 4. The summed E-state index contributed by atoms with van der Waals surface area (Å²) in [4.78, 5) is 40.7. The van der Waals surface area contributed by atoms with Gasteiger partial charge >= 0.3 is 0 Å². The Morgan fingerprint density at radius 2 is 1.06 bits per heavy atom. The average molecular weight is 735 g/mol. The van der Waals surface area contributed by atoms with Crippen LogP contribution in [0.4, 0.5) is 0 Å². The van der Waals surface area contributed by atoms with E-state index in [2.05, 4.69) is 17.5 Å². The number of piperidine rings is 2. The molecular weight excluding hydrogens is 686 g/mol. The topological polar surface area (TPSA) is 57.7 Å². The second kappa shape index (κ2) is 16.8. The number of allylic oxidation sites excluding steroid dienone is 1. The summed E-state index contributed by atoms with van der Waals surface area (Å²) in [6.07, 6.45) is 18.6. The number of carbonyl (C=O) groups excluding carboxylic acids is 3. The van der Waals surface area contributed by atoms with Crippen molar-refractivity contribution >= 4 is 64.5 Å². The maximum Gasteiger partial charge on any atom is 0.222 e. The quantitative estimate of drug-likeness (QED) is 0.200. The van der Waals surface area contributed by atoms with Gasteiger partial charge in [0.2, 0.25) is 11.8 Å². The van der Waals surface area contributed by atoms with Gasteiger partial charge in [-0.15, -0.1) is 6.58 Å². The third kappa shape index (κ3) is 8.45. The van der Waals surface area contributed by atoms with Crippen LogP contribution in [0.5, 0.6) is 0 Å². The molecule has 2 heterocycles. The highest BCUT2D eigenvalue weighted by atomic mass is 35.5. The van der Waals surface area contributed by atoms with Gasteiger partial charge in [-0.2, -0.15) is 0 Å². The Hall–Kier alpha value is -2.05. The van der Waals surface area contributed by atoms with Crippen LogP contribution in [-0.2, 0) is 25.2 Å². The lowest BCUT2D eigenvalue weighted by atomic mass is 9.71. The molecule has 0 radical (unpaired) electrons. The van der Waals surface area contributed by atoms with Gasteiger partial charge in [0.25, 0.3) is 0 Å². The number of likely N-dealkylation sites (tertiary alicyclic amines) is 2. The molecule has 0 N–H and O–H groups in total. The summed E-state index contributed by atoms with van der Waals surface area (Å²) >= 11 is 24.6. The Morgan fingerprint density at radius 3 is 1.44 bits per heavy atom. The number of rotatable bonds is 8. The van der Waals surface area contributed by atoms with Crippen molar-refractivity contribution in [2.75, 3.05) is 13.1 Å². The molecule has 2 aliphatic heterocycles. The maximum atomic E-state index is 12.6. The molecule has 2 aliphatic carbocycles.